The third kappa shape index (κ3) is 2.40. The molecule has 0 radical (unpaired) electrons. The van der Waals surface area contributed by atoms with Crippen LogP contribution in [0.3, 0.4) is 0 Å². The Morgan fingerprint density at radius 2 is 1.65 bits per heavy atom. The van der Waals surface area contributed by atoms with E-state index in [1.54, 1.807) is 16.8 Å². The highest BCUT2D eigenvalue weighted by atomic mass is 16.2. The Morgan fingerprint density at radius 1 is 0.913 bits per heavy atom. The number of anilines is 3. The Hall–Kier alpha value is -2.62. The van der Waals surface area contributed by atoms with E-state index in [0.29, 0.717) is 5.92 Å². The van der Waals surface area contributed by atoms with Crippen LogP contribution in [0.25, 0.3) is 0 Å². The second-order valence-corrected chi connectivity index (χ2v) is 6.22. The number of hydrogen-bond acceptors (Lipinski definition) is 2. The summed E-state index contributed by atoms with van der Waals surface area (Å²) in [6.07, 6.45) is 2.29. The lowest BCUT2D eigenvalue weighted by atomic mass is 10.1. The molecule has 0 atom stereocenters. The summed E-state index contributed by atoms with van der Waals surface area (Å²) in [5, 5.41) is 0. The molecule has 2 amide bonds. The molecule has 23 heavy (non-hydrogen) atoms. The van der Waals surface area contributed by atoms with Crippen LogP contribution >= 0.6 is 0 Å². The maximum atomic E-state index is 12.7. The van der Waals surface area contributed by atoms with Gasteiger partial charge in [0.2, 0.25) is 11.8 Å². The van der Waals surface area contributed by atoms with Crippen molar-refractivity contribution in [1.82, 2.24) is 0 Å². The van der Waals surface area contributed by atoms with Gasteiger partial charge in [-0.2, -0.15) is 0 Å². The van der Waals surface area contributed by atoms with Crippen molar-refractivity contribution in [2.75, 3.05) is 16.8 Å². The number of carbonyl (C=O) groups excluding carboxylic acids is 2. The first kappa shape index (κ1) is 14.0. The molecule has 1 aliphatic heterocycles. The number of hydrogen-bond donors (Lipinski definition) is 0. The minimum absolute atomic E-state index is 0.112. The summed E-state index contributed by atoms with van der Waals surface area (Å²) in [5.74, 6) is 0.242. The smallest absolute Gasteiger partial charge is 0.241 e. The molecular weight excluding hydrogens is 288 g/mol. The zero-order valence-electron chi connectivity index (χ0n) is 13.0. The first-order valence-electron chi connectivity index (χ1n) is 7.93. The quantitative estimate of drug-likeness (QED) is 0.795. The molecule has 4 heteroatoms. The summed E-state index contributed by atoms with van der Waals surface area (Å²) in [5.41, 5.74) is 3.64. The van der Waals surface area contributed by atoms with E-state index < -0.39 is 0 Å². The molecule has 0 bridgehead atoms. The minimum Gasteiger partial charge on any atom is -0.313 e. The van der Waals surface area contributed by atoms with Crippen LogP contribution in [0.4, 0.5) is 17.1 Å². The summed E-state index contributed by atoms with van der Waals surface area (Å²) in [6.45, 7) is 0. The van der Waals surface area contributed by atoms with Gasteiger partial charge in [0.15, 0.2) is 0 Å². The molecular formula is C19H18N2O2. The fourth-order valence-electron chi connectivity index (χ4n) is 3.13. The third-order valence-corrected chi connectivity index (χ3v) is 4.59. The van der Waals surface area contributed by atoms with Crippen molar-refractivity contribution < 1.29 is 9.59 Å². The van der Waals surface area contributed by atoms with Crippen LogP contribution in [0.2, 0.25) is 0 Å². The van der Waals surface area contributed by atoms with Gasteiger partial charge in [-0.15, -0.1) is 0 Å². The van der Waals surface area contributed by atoms with Gasteiger partial charge >= 0.3 is 0 Å². The molecule has 4 rings (SSSR count). The van der Waals surface area contributed by atoms with Crippen molar-refractivity contribution in [1.29, 1.82) is 0 Å². The maximum absolute atomic E-state index is 12.7. The highest BCUT2D eigenvalue weighted by Crippen LogP contribution is 2.45. The number of nitrogens with zero attached hydrogens (tertiary/aromatic N) is 2. The normalized spacial score (nSPS) is 18.0. The average molecular weight is 306 g/mol. The third-order valence-electron chi connectivity index (χ3n) is 4.59. The number of rotatable bonds is 2. The molecule has 1 aliphatic carbocycles. The van der Waals surface area contributed by atoms with E-state index in [9.17, 15) is 9.59 Å². The predicted molar refractivity (Wildman–Crippen MR) is 90.0 cm³/mol. The number of benzene rings is 2. The summed E-state index contributed by atoms with van der Waals surface area (Å²) in [7, 11) is 1.74. The summed E-state index contributed by atoms with van der Waals surface area (Å²) in [4.78, 5) is 28.3. The van der Waals surface area contributed by atoms with Crippen LogP contribution in [0.5, 0.6) is 0 Å². The first-order chi connectivity index (χ1) is 11.1. The van der Waals surface area contributed by atoms with E-state index in [-0.39, 0.29) is 18.2 Å². The fourth-order valence-corrected chi connectivity index (χ4v) is 3.13. The van der Waals surface area contributed by atoms with Crippen molar-refractivity contribution in [3.05, 3.63) is 54.1 Å². The Kier molecular flexibility index (Phi) is 3.18. The molecule has 0 saturated heterocycles. The highest BCUT2D eigenvalue weighted by Gasteiger charge is 2.32. The van der Waals surface area contributed by atoms with Crippen molar-refractivity contribution in [2.45, 2.75) is 25.2 Å². The summed E-state index contributed by atoms with van der Waals surface area (Å²) < 4.78 is 0. The average Bonchev–Trinajstić information content (AvgIpc) is 3.40. The lowest BCUT2D eigenvalue weighted by Gasteiger charge is -2.24. The molecule has 1 fully saturated rings. The SMILES string of the molecule is CN1C(=O)CC(=O)N(c2ccccc2)c2cc(C3CC3)ccc21. The zero-order valence-corrected chi connectivity index (χ0v) is 13.0. The molecule has 0 N–H and O–H groups in total. The maximum Gasteiger partial charge on any atom is 0.241 e. The highest BCUT2D eigenvalue weighted by molar-refractivity contribution is 6.18. The van der Waals surface area contributed by atoms with Crippen LogP contribution in [0.1, 0.15) is 30.7 Å². The van der Waals surface area contributed by atoms with Gasteiger partial charge in [-0.3, -0.25) is 14.5 Å². The van der Waals surface area contributed by atoms with E-state index in [4.69, 9.17) is 0 Å². The number of amides is 2. The predicted octanol–water partition coefficient (Wildman–Crippen LogP) is 3.60. The molecule has 0 spiro atoms. The monoisotopic (exact) mass is 306 g/mol. The number of para-hydroxylation sites is 1. The van der Waals surface area contributed by atoms with Gasteiger partial charge in [-0.05, 0) is 48.6 Å². The van der Waals surface area contributed by atoms with E-state index in [0.717, 1.165) is 17.1 Å². The van der Waals surface area contributed by atoms with Crippen LogP contribution < -0.4 is 9.80 Å². The Morgan fingerprint density at radius 3 is 2.35 bits per heavy atom. The molecule has 1 saturated carbocycles. The second-order valence-electron chi connectivity index (χ2n) is 6.22. The minimum atomic E-state index is -0.181. The number of carbonyl (C=O) groups is 2. The van der Waals surface area contributed by atoms with E-state index in [2.05, 4.69) is 12.1 Å². The number of fused-ring (bicyclic) bond motifs is 1. The first-order valence-corrected chi connectivity index (χ1v) is 7.93. The van der Waals surface area contributed by atoms with Gasteiger partial charge in [0.25, 0.3) is 0 Å². The topological polar surface area (TPSA) is 40.6 Å². The molecule has 0 unspecified atom stereocenters. The summed E-state index contributed by atoms with van der Waals surface area (Å²) in [6, 6.07) is 15.7. The summed E-state index contributed by atoms with van der Waals surface area (Å²) >= 11 is 0. The van der Waals surface area contributed by atoms with Gasteiger partial charge < -0.3 is 4.90 Å². The fraction of sp³-hybridized carbons (Fsp3) is 0.263. The lowest BCUT2D eigenvalue weighted by molar-refractivity contribution is -0.125. The van der Waals surface area contributed by atoms with E-state index >= 15 is 0 Å². The molecule has 1 heterocycles. The van der Waals surface area contributed by atoms with Gasteiger partial charge in [0, 0.05) is 12.7 Å². The van der Waals surface area contributed by atoms with Gasteiger partial charge in [-0.1, -0.05) is 24.3 Å². The molecule has 2 aromatic rings. The molecule has 2 aliphatic rings. The van der Waals surface area contributed by atoms with Crippen LogP contribution in [0, 0.1) is 0 Å². The van der Waals surface area contributed by atoms with Crippen LogP contribution in [-0.2, 0) is 9.59 Å². The molecule has 116 valence electrons. The van der Waals surface area contributed by atoms with Crippen LogP contribution in [-0.4, -0.2) is 18.9 Å². The van der Waals surface area contributed by atoms with E-state index in [1.807, 2.05) is 36.4 Å². The Balaban J connectivity index is 1.91. The zero-order chi connectivity index (χ0) is 16.0. The molecule has 0 aromatic heterocycles. The van der Waals surface area contributed by atoms with Gasteiger partial charge in [0.1, 0.15) is 6.42 Å². The van der Waals surface area contributed by atoms with Crippen molar-refractivity contribution in [3.8, 4) is 0 Å². The lowest BCUT2D eigenvalue weighted by Crippen LogP contribution is -2.28. The van der Waals surface area contributed by atoms with Crippen molar-refractivity contribution >= 4 is 28.9 Å². The van der Waals surface area contributed by atoms with Crippen LogP contribution in [0.15, 0.2) is 48.5 Å². The molecule has 4 nitrogen and oxygen atoms in total. The largest absolute Gasteiger partial charge is 0.313 e. The second kappa shape index (κ2) is 5.23. The Labute approximate surface area is 135 Å². The van der Waals surface area contributed by atoms with Gasteiger partial charge in [0.05, 0.1) is 11.4 Å². The molecule has 2 aromatic carbocycles. The van der Waals surface area contributed by atoms with Crippen molar-refractivity contribution in [2.24, 2.45) is 0 Å². The standard InChI is InChI=1S/C19H18N2O2/c1-20-16-10-9-14(13-7-8-13)11-17(16)21(19(23)12-18(20)22)15-5-3-2-4-6-15/h2-6,9-11,13H,7-8,12H2,1H3. The van der Waals surface area contributed by atoms with Crippen molar-refractivity contribution in [3.63, 3.8) is 0 Å². The Bertz CT molecular complexity index is 781. The van der Waals surface area contributed by atoms with Gasteiger partial charge in [-0.25, -0.2) is 0 Å². The van der Waals surface area contributed by atoms with E-state index in [1.165, 1.54) is 18.4 Å².